The summed E-state index contributed by atoms with van der Waals surface area (Å²) in [6.07, 6.45) is -5.78. The number of hydrogen-bond acceptors (Lipinski definition) is 4. The second kappa shape index (κ2) is 8.89. The molecular formula is C21H17BrClF3O4. The Morgan fingerprint density at radius 1 is 1.23 bits per heavy atom. The van der Waals surface area contributed by atoms with Crippen molar-refractivity contribution in [2.75, 3.05) is 13.7 Å². The SMILES string of the molecule is CCOC(=O)C1=Cc2cc(Cl)c(Cc3cc(Br)ccc3OC)cc2OC1C(F)(F)F. The van der Waals surface area contributed by atoms with Crippen LogP contribution in [0.1, 0.15) is 23.6 Å². The Kier molecular flexibility index (Phi) is 6.67. The van der Waals surface area contributed by atoms with Gasteiger partial charge in [0.15, 0.2) is 0 Å². The number of hydrogen-bond donors (Lipinski definition) is 0. The Balaban J connectivity index is 2.03. The molecule has 0 amide bonds. The molecule has 9 heteroatoms. The summed E-state index contributed by atoms with van der Waals surface area (Å²) in [5, 5.41) is 0.323. The fraction of sp³-hybridized carbons (Fsp3) is 0.286. The Morgan fingerprint density at radius 3 is 2.60 bits per heavy atom. The zero-order chi connectivity index (χ0) is 22.1. The van der Waals surface area contributed by atoms with E-state index in [-0.39, 0.29) is 17.9 Å². The van der Waals surface area contributed by atoms with E-state index >= 15 is 0 Å². The highest BCUT2D eigenvalue weighted by Crippen LogP contribution is 2.40. The number of methoxy groups -OCH3 is 1. The molecule has 0 N–H and O–H groups in total. The van der Waals surface area contributed by atoms with Crippen molar-refractivity contribution in [1.82, 2.24) is 0 Å². The molecule has 0 aliphatic carbocycles. The lowest BCUT2D eigenvalue weighted by molar-refractivity contribution is -0.187. The lowest BCUT2D eigenvalue weighted by Crippen LogP contribution is -2.40. The van der Waals surface area contributed by atoms with Crippen molar-refractivity contribution in [1.29, 1.82) is 0 Å². The Bertz CT molecular complexity index is 1000. The molecule has 1 aliphatic rings. The molecule has 0 saturated carbocycles. The van der Waals surface area contributed by atoms with Crippen molar-refractivity contribution in [3.8, 4) is 11.5 Å². The van der Waals surface area contributed by atoms with E-state index in [0.29, 0.717) is 22.8 Å². The van der Waals surface area contributed by atoms with Crippen LogP contribution < -0.4 is 9.47 Å². The predicted octanol–water partition coefficient (Wildman–Crippen LogP) is 5.97. The first kappa shape index (κ1) is 22.5. The molecule has 0 bridgehead atoms. The average molecular weight is 506 g/mol. The van der Waals surface area contributed by atoms with Gasteiger partial charge in [0.1, 0.15) is 11.5 Å². The molecule has 160 valence electrons. The molecule has 1 heterocycles. The van der Waals surface area contributed by atoms with Crippen molar-refractivity contribution in [2.45, 2.75) is 25.6 Å². The quantitative estimate of drug-likeness (QED) is 0.470. The minimum absolute atomic E-state index is 0.0151. The molecular weight excluding hydrogens is 489 g/mol. The fourth-order valence-electron chi connectivity index (χ4n) is 3.11. The molecule has 1 unspecified atom stereocenters. The van der Waals surface area contributed by atoms with Gasteiger partial charge in [-0.2, -0.15) is 13.2 Å². The summed E-state index contributed by atoms with van der Waals surface area (Å²) < 4.78 is 56.7. The second-order valence-electron chi connectivity index (χ2n) is 6.47. The first-order valence-electron chi connectivity index (χ1n) is 8.91. The van der Waals surface area contributed by atoms with E-state index in [1.54, 1.807) is 6.07 Å². The van der Waals surface area contributed by atoms with Crippen molar-refractivity contribution in [3.05, 3.63) is 62.1 Å². The van der Waals surface area contributed by atoms with Gasteiger partial charge < -0.3 is 14.2 Å². The monoisotopic (exact) mass is 504 g/mol. The van der Waals surface area contributed by atoms with Crippen LogP contribution in [-0.2, 0) is 16.0 Å². The number of esters is 1. The van der Waals surface area contributed by atoms with E-state index < -0.39 is 23.8 Å². The number of halogens is 5. The van der Waals surface area contributed by atoms with Crippen LogP contribution >= 0.6 is 27.5 Å². The van der Waals surface area contributed by atoms with Crippen LogP contribution in [0.25, 0.3) is 6.08 Å². The van der Waals surface area contributed by atoms with Crippen LogP contribution in [-0.4, -0.2) is 32.0 Å². The largest absolute Gasteiger partial charge is 0.496 e. The Morgan fingerprint density at radius 2 is 1.97 bits per heavy atom. The van der Waals surface area contributed by atoms with E-state index in [0.717, 1.165) is 16.1 Å². The van der Waals surface area contributed by atoms with Gasteiger partial charge in [0.25, 0.3) is 0 Å². The summed E-state index contributed by atoms with van der Waals surface area (Å²) in [6, 6.07) is 8.36. The number of carbonyl (C=O) groups is 1. The molecule has 4 nitrogen and oxygen atoms in total. The molecule has 0 fully saturated rings. The van der Waals surface area contributed by atoms with E-state index in [1.165, 1.54) is 26.2 Å². The molecule has 30 heavy (non-hydrogen) atoms. The number of alkyl halides is 3. The number of ether oxygens (including phenoxy) is 3. The maximum Gasteiger partial charge on any atom is 0.430 e. The molecule has 0 saturated heterocycles. The summed E-state index contributed by atoms with van der Waals surface area (Å²) in [5.41, 5.74) is 1.00. The average Bonchev–Trinajstić information content (AvgIpc) is 2.67. The van der Waals surface area contributed by atoms with Gasteiger partial charge in [-0.15, -0.1) is 0 Å². The van der Waals surface area contributed by atoms with E-state index in [9.17, 15) is 18.0 Å². The number of rotatable bonds is 5. The standard InChI is InChI=1S/C21H17BrClF3O4/c1-3-29-20(27)15-8-13-9-16(23)11(10-18(13)30-19(15)21(24,25)26)6-12-7-14(22)4-5-17(12)28-2/h4-5,7-10,19H,3,6H2,1-2H3. The van der Waals surface area contributed by atoms with Gasteiger partial charge in [-0.05, 0) is 54.5 Å². The molecule has 1 aliphatic heterocycles. The zero-order valence-corrected chi connectivity index (χ0v) is 18.3. The van der Waals surface area contributed by atoms with Gasteiger partial charge in [0.05, 0.1) is 19.3 Å². The molecule has 2 aromatic carbocycles. The summed E-state index contributed by atoms with van der Waals surface area (Å²) in [4.78, 5) is 12.0. The Labute approximate surface area is 184 Å². The van der Waals surface area contributed by atoms with Crippen LogP contribution in [0.2, 0.25) is 5.02 Å². The molecule has 1 atom stereocenters. The molecule has 2 aromatic rings. The maximum absolute atomic E-state index is 13.5. The maximum atomic E-state index is 13.5. The number of carbonyl (C=O) groups excluding carboxylic acids is 1. The minimum Gasteiger partial charge on any atom is -0.496 e. The predicted molar refractivity (Wildman–Crippen MR) is 110 cm³/mol. The van der Waals surface area contributed by atoms with Gasteiger partial charge in [-0.1, -0.05) is 27.5 Å². The normalized spacial score (nSPS) is 15.7. The second-order valence-corrected chi connectivity index (χ2v) is 7.80. The van der Waals surface area contributed by atoms with Crippen LogP contribution in [0.3, 0.4) is 0 Å². The first-order valence-corrected chi connectivity index (χ1v) is 10.1. The van der Waals surface area contributed by atoms with E-state index in [2.05, 4.69) is 15.9 Å². The van der Waals surface area contributed by atoms with Gasteiger partial charge >= 0.3 is 12.1 Å². The molecule has 0 aromatic heterocycles. The lowest BCUT2D eigenvalue weighted by atomic mass is 9.97. The minimum atomic E-state index is -4.79. The third kappa shape index (κ3) is 4.75. The van der Waals surface area contributed by atoms with Crippen molar-refractivity contribution < 1.29 is 32.2 Å². The van der Waals surface area contributed by atoms with Gasteiger partial charge in [0.2, 0.25) is 6.10 Å². The van der Waals surface area contributed by atoms with Crippen molar-refractivity contribution in [2.24, 2.45) is 0 Å². The summed E-state index contributed by atoms with van der Waals surface area (Å²) >= 11 is 9.78. The smallest absolute Gasteiger partial charge is 0.430 e. The third-order valence-electron chi connectivity index (χ3n) is 4.45. The molecule has 3 rings (SSSR count). The van der Waals surface area contributed by atoms with Gasteiger partial charge in [-0.25, -0.2) is 4.79 Å². The molecule has 0 spiro atoms. The lowest BCUT2D eigenvalue weighted by Gasteiger charge is -2.28. The van der Waals surface area contributed by atoms with E-state index in [1.807, 2.05) is 12.1 Å². The number of fused-ring (bicyclic) bond motifs is 1. The zero-order valence-electron chi connectivity index (χ0n) is 16.0. The van der Waals surface area contributed by atoms with Crippen molar-refractivity contribution >= 4 is 39.6 Å². The summed E-state index contributed by atoms with van der Waals surface area (Å²) in [7, 11) is 1.53. The first-order chi connectivity index (χ1) is 14.1. The van der Waals surface area contributed by atoms with Crippen molar-refractivity contribution in [3.63, 3.8) is 0 Å². The van der Waals surface area contributed by atoms with Crippen LogP contribution in [0.5, 0.6) is 11.5 Å². The van der Waals surface area contributed by atoms with Crippen LogP contribution in [0.15, 0.2) is 40.4 Å². The van der Waals surface area contributed by atoms with Crippen LogP contribution in [0, 0.1) is 0 Å². The van der Waals surface area contributed by atoms with E-state index in [4.69, 9.17) is 25.8 Å². The summed E-state index contributed by atoms with van der Waals surface area (Å²) in [6.45, 7) is 1.46. The number of benzene rings is 2. The highest BCUT2D eigenvalue weighted by atomic mass is 79.9. The highest BCUT2D eigenvalue weighted by molar-refractivity contribution is 9.10. The molecule has 0 radical (unpaired) electrons. The topological polar surface area (TPSA) is 44.8 Å². The fourth-order valence-corrected chi connectivity index (χ4v) is 3.76. The highest BCUT2D eigenvalue weighted by Gasteiger charge is 2.48. The van der Waals surface area contributed by atoms with Gasteiger partial charge in [-0.3, -0.25) is 0 Å². The van der Waals surface area contributed by atoms with Crippen LogP contribution in [0.4, 0.5) is 13.2 Å². The Hall–Kier alpha value is -2.19. The van der Waals surface area contributed by atoms with Gasteiger partial charge in [0, 0.05) is 21.5 Å². The third-order valence-corrected chi connectivity index (χ3v) is 5.29. The summed E-state index contributed by atoms with van der Waals surface area (Å²) in [5.74, 6) is -0.478.